The van der Waals surface area contributed by atoms with Gasteiger partial charge < -0.3 is 4.90 Å². The minimum Gasteiger partial charge on any atom is -0.339 e. The van der Waals surface area contributed by atoms with Crippen molar-refractivity contribution in [1.82, 2.24) is 15.2 Å². The van der Waals surface area contributed by atoms with E-state index in [1.165, 1.54) is 6.26 Å². The Balaban J connectivity index is 2.06. The average molecular weight is 270 g/mol. The zero-order valence-corrected chi connectivity index (χ0v) is 11.7. The van der Waals surface area contributed by atoms with E-state index in [1.807, 2.05) is 18.7 Å². The molecule has 2 rings (SSSR count). The van der Waals surface area contributed by atoms with E-state index in [-0.39, 0.29) is 11.7 Å². The highest BCUT2D eigenvalue weighted by atomic mass is 32.2. The van der Waals surface area contributed by atoms with Gasteiger partial charge in [-0.1, -0.05) is 0 Å². The predicted octanol–water partition coefficient (Wildman–Crippen LogP) is 0.359. The molecule has 1 atom stereocenters. The Morgan fingerprint density at radius 1 is 1.28 bits per heavy atom. The highest BCUT2D eigenvalue weighted by Crippen LogP contribution is 2.21. The molecule has 0 N–H and O–H groups in total. The summed E-state index contributed by atoms with van der Waals surface area (Å²) >= 11 is 0. The van der Waals surface area contributed by atoms with Gasteiger partial charge >= 0.3 is 0 Å². The second kappa shape index (κ2) is 4.79. The summed E-state index contributed by atoms with van der Waals surface area (Å²) in [6, 6.07) is 0. The van der Waals surface area contributed by atoms with Crippen LogP contribution in [0.1, 0.15) is 17.8 Å². The predicted molar refractivity (Wildman–Crippen MR) is 69.3 cm³/mol. The summed E-state index contributed by atoms with van der Waals surface area (Å²) in [4.78, 5) is 6.40. The Labute approximate surface area is 107 Å². The van der Waals surface area contributed by atoms with Crippen LogP contribution in [0, 0.1) is 19.8 Å². The number of hydrogen-bond donors (Lipinski definition) is 0. The van der Waals surface area contributed by atoms with Gasteiger partial charge in [-0.05, 0) is 26.2 Å². The van der Waals surface area contributed by atoms with Crippen molar-refractivity contribution < 1.29 is 8.42 Å². The van der Waals surface area contributed by atoms with Gasteiger partial charge in [0.25, 0.3) is 0 Å². The van der Waals surface area contributed by atoms with Crippen LogP contribution < -0.4 is 4.90 Å². The molecular formula is C11H18N4O2S. The van der Waals surface area contributed by atoms with Crippen molar-refractivity contribution in [2.45, 2.75) is 20.3 Å². The van der Waals surface area contributed by atoms with Gasteiger partial charge in [-0.15, -0.1) is 5.10 Å². The van der Waals surface area contributed by atoms with Gasteiger partial charge in [-0.3, -0.25) is 0 Å². The number of rotatable bonds is 3. The largest absolute Gasteiger partial charge is 0.339 e. The highest BCUT2D eigenvalue weighted by molar-refractivity contribution is 7.90. The number of hydrogen-bond acceptors (Lipinski definition) is 6. The number of nitrogens with zero attached hydrogens (tertiary/aromatic N) is 4. The van der Waals surface area contributed by atoms with Crippen molar-refractivity contribution in [2.24, 2.45) is 5.92 Å². The maximum atomic E-state index is 11.3. The van der Waals surface area contributed by atoms with Crippen LogP contribution in [-0.4, -0.2) is 48.7 Å². The molecule has 100 valence electrons. The van der Waals surface area contributed by atoms with Gasteiger partial charge in [0, 0.05) is 19.3 Å². The molecule has 1 aromatic heterocycles. The van der Waals surface area contributed by atoms with E-state index < -0.39 is 9.84 Å². The molecule has 1 saturated heterocycles. The fourth-order valence-corrected chi connectivity index (χ4v) is 3.29. The van der Waals surface area contributed by atoms with Crippen LogP contribution in [0.4, 0.5) is 5.95 Å². The molecule has 0 amide bonds. The topological polar surface area (TPSA) is 76.1 Å². The first kappa shape index (κ1) is 13.2. The summed E-state index contributed by atoms with van der Waals surface area (Å²) in [6.45, 7) is 5.26. The van der Waals surface area contributed by atoms with Crippen molar-refractivity contribution in [3.63, 3.8) is 0 Å². The Morgan fingerprint density at radius 3 is 2.61 bits per heavy atom. The van der Waals surface area contributed by atoms with E-state index in [0.717, 1.165) is 24.4 Å². The molecule has 0 spiro atoms. The van der Waals surface area contributed by atoms with Crippen molar-refractivity contribution >= 4 is 15.8 Å². The minimum atomic E-state index is -2.91. The SMILES string of the molecule is Cc1nnc(N2CCC(CS(C)(=O)=O)C2)nc1C. The second-order valence-corrected chi connectivity index (χ2v) is 7.16. The standard InChI is InChI=1S/C11H18N4O2S/c1-8-9(2)13-14-11(12-8)15-5-4-10(6-15)7-18(3,16)17/h10H,4-7H2,1-3H3. The lowest BCUT2D eigenvalue weighted by atomic mass is 10.2. The fraction of sp³-hybridized carbons (Fsp3) is 0.727. The lowest BCUT2D eigenvalue weighted by molar-refractivity contribution is 0.577. The first-order valence-corrected chi connectivity index (χ1v) is 8.02. The summed E-state index contributed by atoms with van der Waals surface area (Å²) < 4.78 is 22.5. The van der Waals surface area contributed by atoms with Crippen LogP contribution in [0.5, 0.6) is 0 Å². The zero-order valence-electron chi connectivity index (χ0n) is 10.9. The monoisotopic (exact) mass is 270 g/mol. The van der Waals surface area contributed by atoms with Gasteiger partial charge in [0.2, 0.25) is 5.95 Å². The molecule has 1 aliphatic heterocycles. The van der Waals surface area contributed by atoms with Crippen LogP contribution in [0.15, 0.2) is 0 Å². The molecule has 1 aromatic rings. The van der Waals surface area contributed by atoms with Crippen molar-refractivity contribution in [3.8, 4) is 0 Å². The van der Waals surface area contributed by atoms with E-state index in [1.54, 1.807) is 0 Å². The van der Waals surface area contributed by atoms with Gasteiger partial charge in [0.1, 0.15) is 9.84 Å². The normalized spacial score (nSPS) is 20.4. The maximum absolute atomic E-state index is 11.3. The molecule has 0 bridgehead atoms. The summed E-state index contributed by atoms with van der Waals surface area (Å²) in [7, 11) is -2.91. The van der Waals surface area contributed by atoms with Crippen LogP contribution in [0.25, 0.3) is 0 Å². The van der Waals surface area contributed by atoms with Crippen LogP contribution in [0.2, 0.25) is 0 Å². The first-order chi connectivity index (χ1) is 8.35. The van der Waals surface area contributed by atoms with Crippen LogP contribution >= 0.6 is 0 Å². The number of sulfone groups is 1. The molecule has 0 aromatic carbocycles. The third-order valence-electron chi connectivity index (χ3n) is 3.19. The molecule has 1 fully saturated rings. The quantitative estimate of drug-likeness (QED) is 0.789. The molecule has 6 nitrogen and oxygen atoms in total. The van der Waals surface area contributed by atoms with Gasteiger partial charge in [-0.2, -0.15) is 5.10 Å². The smallest absolute Gasteiger partial charge is 0.245 e. The minimum absolute atomic E-state index is 0.171. The Kier molecular flexibility index (Phi) is 3.52. The summed E-state index contributed by atoms with van der Waals surface area (Å²) in [5.74, 6) is 1.02. The number of aryl methyl sites for hydroxylation is 2. The fourth-order valence-electron chi connectivity index (χ4n) is 2.16. The van der Waals surface area contributed by atoms with Gasteiger partial charge in [0.15, 0.2) is 0 Å². The lowest BCUT2D eigenvalue weighted by Crippen LogP contribution is -2.25. The van der Waals surface area contributed by atoms with Crippen LogP contribution in [0.3, 0.4) is 0 Å². The molecule has 7 heteroatoms. The van der Waals surface area contributed by atoms with Crippen LogP contribution in [-0.2, 0) is 9.84 Å². The Bertz CT molecular complexity index is 544. The summed E-state index contributed by atoms with van der Waals surface area (Å²) in [5, 5.41) is 8.12. The Morgan fingerprint density at radius 2 is 2.00 bits per heavy atom. The van der Waals surface area contributed by atoms with E-state index >= 15 is 0 Å². The molecule has 2 heterocycles. The zero-order chi connectivity index (χ0) is 13.3. The molecule has 0 aliphatic carbocycles. The third-order valence-corrected chi connectivity index (χ3v) is 4.26. The maximum Gasteiger partial charge on any atom is 0.245 e. The highest BCUT2D eigenvalue weighted by Gasteiger charge is 2.27. The number of anilines is 1. The average Bonchev–Trinajstić information content (AvgIpc) is 2.68. The molecule has 0 radical (unpaired) electrons. The van der Waals surface area contributed by atoms with E-state index in [9.17, 15) is 8.42 Å². The second-order valence-electron chi connectivity index (χ2n) is 4.98. The number of aromatic nitrogens is 3. The van der Waals surface area contributed by atoms with Crippen molar-refractivity contribution in [1.29, 1.82) is 0 Å². The molecule has 1 aliphatic rings. The van der Waals surface area contributed by atoms with Gasteiger partial charge in [0.05, 0.1) is 17.1 Å². The third kappa shape index (κ3) is 3.16. The van der Waals surface area contributed by atoms with Gasteiger partial charge in [-0.25, -0.2) is 13.4 Å². The molecule has 0 saturated carbocycles. The van der Waals surface area contributed by atoms with Crippen molar-refractivity contribution in [3.05, 3.63) is 11.4 Å². The van der Waals surface area contributed by atoms with E-state index in [2.05, 4.69) is 15.2 Å². The molecule has 18 heavy (non-hydrogen) atoms. The first-order valence-electron chi connectivity index (χ1n) is 5.96. The van der Waals surface area contributed by atoms with E-state index in [4.69, 9.17) is 0 Å². The molecular weight excluding hydrogens is 252 g/mol. The summed E-state index contributed by atoms with van der Waals surface area (Å²) in [6.07, 6.45) is 2.15. The molecule has 1 unspecified atom stereocenters. The van der Waals surface area contributed by atoms with Crippen molar-refractivity contribution in [2.75, 3.05) is 30.0 Å². The van der Waals surface area contributed by atoms with E-state index in [0.29, 0.717) is 12.5 Å². The Hall–Kier alpha value is -1.24. The summed E-state index contributed by atoms with van der Waals surface area (Å²) in [5.41, 5.74) is 1.69. The lowest BCUT2D eigenvalue weighted by Gasteiger charge is -2.16.